The van der Waals surface area contributed by atoms with Crippen molar-refractivity contribution in [2.75, 3.05) is 0 Å². The number of aliphatic carboxylic acids is 1. The lowest BCUT2D eigenvalue weighted by Crippen LogP contribution is -2.25. The van der Waals surface area contributed by atoms with E-state index in [-0.39, 0.29) is 28.0 Å². The quantitative estimate of drug-likeness (QED) is 0.664. The zero-order valence-electron chi connectivity index (χ0n) is 14.2. The zero-order valence-corrected chi connectivity index (χ0v) is 15.7. The molecule has 0 spiro atoms. The molecular formula is C19H20Cl2O4. The minimum Gasteiger partial charge on any atom is -0.506 e. The van der Waals surface area contributed by atoms with E-state index in [1.165, 1.54) is 0 Å². The molecule has 2 rings (SSSR count). The molecule has 25 heavy (non-hydrogen) atoms. The lowest BCUT2D eigenvalue weighted by Gasteiger charge is -2.32. The van der Waals surface area contributed by atoms with Crippen LogP contribution in [0.3, 0.4) is 0 Å². The lowest BCUT2D eigenvalue weighted by molar-refractivity contribution is -0.137. The van der Waals surface area contributed by atoms with Gasteiger partial charge < -0.3 is 15.3 Å². The molecule has 0 radical (unpaired) electrons. The van der Waals surface area contributed by atoms with E-state index < -0.39 is 11.4 Å². The van der Waals surface area contributed by atoms with Crippen molar-refractivity contribution in [3.05, 3.63) is 56.6 Å². The molecule has 0 aliphatic carbocycles. The Hall–Kier alpha value is -1.91. The van der Waals surface area contributed by atoms with Gasteiger partial charge >= 0.3 is 5.97 Å². The summed E-state index contributed by atoms with van der Waals surface area (Å²) in [5, 5.41) is 29.4. The maximum Gasteiger partial charge on any atom is 0.303 e. The fraction of sp³-hybridized carbons (Fsp3) is 0.316. The number of carbonyl (C=O) groups is 1. The molecule has 3 N–H and O–H groups in total. The van der Waals surface area contributed by atoms with Gasteiger partial charge in [-0.15, -0.1) is 0 Å². The third-order valence-electron chi connectivity index (χ3n) is 4.62. The molecule has 0 bridgehead atoms. The van der Waals surface area contributed by atoms with Gasteiger partial charge in [0, 0.05) is 11.8 Å². The number of halogens is 2. The van der Waals surface area contributed by atoms with Crippen LogP contribution in [0, 0.1) is 13.8 Å². The van der Waals surface area contributed by atoms with Crippen LogP contribution in [-0.2, 0) is 10.2 Å². The molecule has 2 aromatic carbocycles. The summed E-state index contributed by atoms with van der Waals surface area (Å²) in [7, 11) is 0. The van der Waals surface area contributed by atoms with Crippen molar-refractivity contribution >= 4 is 29.2 Å². The first-order valence-electron chi connectivity index (χ1n) is 7.77. The highest BCUT2D eigenvalue weighted by Gasteiger charge is 2.32. The first-order chi connectivity index (χ1) is 11.6. The minimum atomic E-state index is -0.908. The van der Waals surface area contributed by atoms with Crippen LogP contribution in [0.4, 0.5) is 0 Å². The largest absolute Gasteiger partial charge is 0.506 e. The zero-order chi connectivity index (χ0) is 18.9. The predicted molar refractivity (Wildman–Crippen MR) is 99.0 cm³/mol. The predicted octanol–water partition coefficient (Wildman–Crippen LogP) is 5.19. The summed E-state index contributed by atoms with van der Waals surface area (Å²) in [6, 6.07) is 6.86. The summed E-state index contributed by atoms with van der Waals surface area (Å²) in [6.45, 7) is 5.37. The number of hydrogen-bond donors (Lipinski definition) is 3. The lowest BCUT2D eigenvalue weighted by atomic mass is 9.72. The summed E-state index contributed by atoms with van der Waals surface area (Å²) >= 11 is 12.3. The Balaban J connectivity index is 2.68. The molecule has 0 saturated carbocycles. The molecule has 0 saturated heterocycles. The van der Waals surface area contributed by atoms with Crippen LogP contribution in [0.2, 0.25) is 10.0 Å². The summed E-state index contributed by atoms with van der Waals surface area (Å²) in [4.78, 5) is 11.2. The maximum atomic E-state index is 11.2. The minimum absolute atomic E-state index is 0.00548. The fourth-order valence-corrected chi connectivity index (χ4v) is 3.46. The molecule has 4 nitrogen and oxygen atoms in total. The van der Waals surface area contributed by atoms with E-state index in [0.29, 0.717) is 17.5 Å². The van der Waals surface area contributed by atoms with Gasteiger partial charge in [-0.3, -0.25) is 4.79 Å². The summed E-state index contributed by atoms with van der Waals surface area (Å²) < 4.78 is 0. The second-order valence-corrected chi connectivity index (χ2v) is 7.29. The molecule has 0 aliphatic heterocycles. The van der Waals surface area contributed by atoms with Gasteiger partial charge in [0.15, 0.2) is 0 Å². The van der Waals surface area contributed by atoms with Crippen molar-refractivity contribution in [3.8, 4) is 11.5 Å². The van der Waals surface area contributed by atoms with E-state index >= 15 is 0 Å². The second-order valence-electron chi connectivity index (χ2n) is 6.47. The molecule has 0 unspecified atom stereocenters. The number of rotatable bonds is 5. The number of carboxylic acid groups (broad SMARTS) is 1. The van der Waals surface area contributed by atoms with Gasteiger partial charge in [-0.2, -0.15) is 0 Å². The Labute approximate surface area is 156 Å². The number of aryl methyl sites for hydroxylation is 2. The summed E-state index contributed by atoms with van der Waals surface area (Å²) in [6.07, 6.45) is 0.259. The van der Waals surface area contributed by atoms with Gasteiger partial charge in [0.1, 0.15) is 11.5 Å². The van der Waals surface area contributed by atoms with Gasteiger partial charge in [0.2, 0.25) is 0 Å². The Bertz CT molecular complexity index is 727. The average Bonchev–Trinajstić information content (AvgIpc) is 2.54. The van der Waals surface area contributed by atoms with Gasteiger partial charge in [-0.25, -0.2) is 0 Å². The van der Waals surface area contributed by atoms with Crippen molar-refractivity contribution in [2.45, 2.75) is 39.0 Å². The van der Waals surface area contributed by atoms with Gasteiger partial charge in [-0.1, -0.05) is 42.3 Å². The Morgan fingerprint density at radius 1 is 0.960 bits per heavy atom. The maximum absolute atomic E-state index is 11.2. The number of benzene rings is 2. The van der Waals surface area contributed by atoms with E-state index in [1.54, 1.807) is 38.1 Å². The summed E-state index contributed by atoms with van der Waals surface area (Å²) in [5.74, 6) is -0.897. The Morgan fingerprint density at radius 3 is 1.68 bits per heavy atom. The normalized spacial score (nSPS) is 11.6. The number of hydrogen-bond acceptors (Lipinski definition) is 3. The van der Waals surface area contributed by atoms with Crippen molar-refractivity contribution < 1.29 is 20.1 Å². The van der Waals surface area contributed by atoms with Gasteiger partial charge in [0.05, 0.1) is 10.0 Å². The monoisotopic (exact) mass is 382 g/mol. The highest BCUT2D eigenvalue weighted by Crippen LogP contribution is 2.43. The standard InChI is InChI=1S/C19H20Cl2O4/c1-10-6-12(8-14(20)17(10)24)19(3,5-4-16(22)23)13-7-11(2)18(25)15(21)9-13/h6-9,24-25H,4-5H2,1-3H3,(H,22,23). The van der Waals surface area contributed by atoms with Crippen molar-refractivity contribution in [1.82, 2.24) is 0 Å². The van der Waals surface area contributed by atoms with E-state index in [1.807, 2.05) is 6.92 Å². The Morgan fingerprint density at radius 2 is 1.36 bits per heavy atom. The number of phenols is 2. The van der Waals surface area contributed by atoms with Crippen molar-refractivity contribution in [3.63, 3.8) is 0 Å². The SMILES string of the molecule is Cc1cc(C(C)(CCC(=O)O)c2cc(C)c(O)c(Cl)c2)cc(Cl)c1O. The van der Waals surface area contributed by atoms with Crippen LogP contribution in [0.5, 0.6) is 11.5 Å². The van der Waals surface area contributed by atoms with E-state index in [2.05, 4.69) is 0 Å². The Kier molecular flexibility index (Phi) is 5.55. The fourth-order valence-electron chi connectivity index (χ4n) is 2.92. The molecule has 0 aromatic heterocycles. The van der Waals surface area contributed by atoms with Crippen LogP contribution in [0.25, 0.3) is 0 Å². The molecule has 0 fully saturated rings. The number of aromatic hydroxyl groups is 2. The van der Waals surface area contributed by atoms with Gasteiger partial charge in [-0.05, 0) is 54.7 Å². The third-order valence-corrected chi connectivity index (χ3v) is 5.20. The molecule has 0 heterocycles. The highest BCUT2D eigenvalue weighted by molar-refractivity contribution is 6.32. The smallest absolute Gasteiger partial charge is 0.303 e. The third kappa shape index (κ3) is 3.86. The van der Waals surface area contributed by atoms with E-state index in [4.69, 9.17) is 28.3 Å². The highest BCUT2D eigenvalue weighted by atomic mass is 35.5. The summed E-state index contributed by atoms with van der Waals surface area (Å²) in [5.41, 5.74) is 2.05. The average molecular weight is 383 g/mol. The molecule has 2 aromatic rings. The van der Waals surface area contributed by atoms with Crippen molar-refractivity contribution in [2.24, 2.45) is 0 Å². The topological polar surface area (TPSA) is 77.8 Å². The first kappa shape index (κ1) is 19.4. The van der Waals surface area contributed by atoms with Crippen LogP contribution in [0.1, 0.15) is 42.0 Å². The van der Waals surface area contributed by atoms with Crippen LogP contribution >= 0.6 is 23.2 Å². The molecule has 0 atom stereocenters. The molecular weight excluding hydrogens is 363 g/mol. The van der Waals surface area contributed by atoms with E-state index in [9.17, 15) is 15.0 Å². The molecule has 0 aliphatic rings. The van der Waals surface area contributed by atoms with Crippen LogP contribution in [-0.4, -0.2) is 21.3 Å². The first-order valence-corrected chi connectivity index (χ1v) is 8.53. The molecule has 134 valence electrons. The number of carboxylic acids is 1. The van der Waals surface area contributed by atoms with E-state index in [0.717, 1.165) is 11.1 Å². The molecule has 0 amide bonds. The van der Waals surface area contributed by atoms with Crippen molar-refractivity contribution in [1.29, 1.82) is 0 Å². The van der Waals surface area contributed by atoms with Crippen LogP contribution < -0.4 is 0 Å². The molecule has 6 heteroatoms. The van der Waals surface area contributed by atoms with Crippen LogP contribution in [0.15, 0.2) is 24.3 Å². The second kappa shape index (κ2) is 7.14. The number of phenolic OH excluding ortho intramolecular Hbond substituents is 2. The van der Waals surface area contributed by atoms with Gasteiger partial charge in [0.25, 0.3) is 0 Å².